The highest BCUT2D eigenvalue weighted by Crippen LogP contribution is 2.15. The molecule has 19 heavy (non-hydrogen) atoms. The van der Waals surface area contributed by atoms with Crippen molar-refractivity contribution in [2.45, 2.75) is 32.7 Å². The summed E-state index contributed by atoms with van der Waals surface area (Å²) in [5.41, 5.74) is 1.20. The average Bonchev–Trinajstić information content (AvgIpc) is 2.46. The number of hydrogen-bond acceptors (Lipinski definition) is 3. The Morgan fingerprint density at radius 2 is 1.95 bits per heavy atom. The standard InChI is InChI=1S/C16H25N3/c1-3-13-19(4-2)14-12-18-16(10-11-17)15-8-6-5-7-9-15/h5-9,16,18H,3-4,10,12-14H2,1-2H3. The van der Waals surface area contributed by atoms with Crippen LogP contribution in [-0.4, -0.2) is 31.1 Å². The van der Waals surface area contributed by atoms with Gasteiger partial charge in [-0.2, -0.15) is 5.26 Å². The molecular weight excluding hydrogens is 234 g/mol. The van der Waals surface area contributed by atoms with Crippen molar-refractivity contribution in [3.8, 4) is 6.07 Å². The lowest BCUT2D eigenvalue weighted by atomic mass is 10.0. The van der Waals surface area contributed by atoms with Crippen LogP contribution in [0.4, 0.5) is 0 Å². The molecule has 1 aromatic carbocycles. The minimum atomic E-state index is 0.145. The quantitative estimate of drug-likeness (QED) is 0.741. The molecule has 0 amide bonds. The Balaban J connectivity index is 2.45. The van der Waals surface area contributed by atoms with Gasteiger partial charge in [-0.15, -0.1) is 0 Å². The van der Waals surface area contributed by atoms with E-state index >= 15 is 0 Å². The molecule has 1 N–H and O–H groups in total. The highest BCUT2D eigenvalue weighted by atomic mass is 15.1. The summed E-state index contributed by atoms with van der Waals surface area (Å²) in [6.07, 6.45) is 1.71. The fourth-order valence-electron chi connectivity index (χ4n) is 2.23. The predicted octanol–water partition coefficient (Wildman–Crippen LogP) is 2.96. The Morgan fingerprint density at radius 3 is 2.53 bits per heavy atom. The lowest BCUT2D eigenvalue weighted by Crippen LogP contribution is -2.34. The molecule has 1 unspecified atom stereocenters. The SMILES string of the molecule is CCCN(CC)CCNC(CC#N)c1ccccc1. The maximum absolute atomic E-state index is 8.94. The van der Waals surface area contributed by atoms with Gasteiger partial charge in [0.25, 0.3) is 0 Å². The van der Waals surface area contributed by atoms with Crippen LogP contribution in [-0.2, 0) is 0 Å². The second kappa shape index (κ2) is 9.55. The fourth-order valence-corrected chi connectivity index (χ4v) is 2.23. The molecule has 0 spiro atoms. The molecular formula is C16H25N3. The molecule has 0 saturated carbocycles. The largest absolute Gasteiger partial charge is 0.308 e. The van der Waals surface area contributed by atoms with Gasteiger partial charge in [-0.25, -0.2) is 0 Å². The van der Waals surface area contributed by atoms with Crippen LogP contribution in [0.3, 0.4) is 0 Å². The van der Waals surface area contributed by atoms with E-state index in [-0.39, 0.29) is 6.04 Å². The summed E-state index contributed by atoms with van der Waals surface area (Å²) in [6, 6.07) is 12.6. The van der Waals surface area contributed by atoms with Gasteiger partial charge in [-0.3, -0.25) is 0 Å². The summed E-state index contributed by atoms with van der Waals surface area (Å²) in [5, 5.41) is 12.4. The van der Waals surface area contributed by atoms with Crippen LogP contribution in [0, 0.1) is 11.3 Å². The molecule has 0 aliphatic carbocycles. The molecule has 0 fully saturated rings. The van der Waals surface area contributed by atoms with Gasteiger partial charge >= 0.3 is 0 Å². The molecule has 0 aliphatic heterocycles. The van der Waals surface area contributed by atoms with Crippen molar-refractivity contribution in [1.29, 1.82) is 5.26 Å². The fraction of sp³-hybridized carbons (Fsp3) is 0.562. The minimum Gasteiger partial charge on any atom is -0.308 e. The van der Waals surface area contributed by atoms with Gasteiger partial charge in [0.15, 0.2) is 0 Å². The lowest BCUT2D eigenvalue weighted by molar-refractivity contribution is 0.283. The first kappa shape index (κ1) is 15.7. The van der Waals surface area contributed by atoms with E-state index in [1.807, 2.05) is 18.2 Å². The Hall–Kier alpha value is -1.37. The van der Waals surface area contributed by atoms with E-state index in [9.17, 15) is 0 Å². The zero-order valence-corrected chi connectivity index (χ0v) is 12.1. The monoisotopic (exact) mass is 259 g/mol. The number of nitrogens with one attached hydrogen (secondary N) is 1. The Morgan fingerprint density at radius 1 is 1.21 bits per heavy atom. The molecule has 0 bridgehead atoms. The van der Waals surface area contributed by atoms with Gasteiger partial charge in [0, 0.05) is 19.1 Å². The second-order valence-corrected chi connectivity index (χ2v) is 4.71. The molecule has 1 rings (SSSR count). The number of benzene rings is 1. The Bertz CT molecular complexity index is 369. The van der Waals surface area contributed by atoms with E-state index in [0.717, 1.165) is 26.2 Å². The van der Waals surface area contributed by atoms with Gasteiger partial charge in [-0.1, -0.05) is 44.2 Å². The average molecular weight is 259 g/mol. The van der Waals surface area contributed by atoms with Crippen molar-refractivity contribution < 1.29 is 0 Å². The molecule has 0 aliphatic rings. The van der Waals surface area contributed by atoms with E-state index in [0.29, 0.717) is 6.42 Å². The molecule has 0 heterocycles. The van der Waals surface area contributed by atoms with Crippen LogP contribution in [0.2, 0.25) is 0 Å². The van der Waals surface area contributed by atoms with Crippen LogP contribution in [0.1, 0.15) is 38.3 Å². The topological polar surface area (TPSA) is 39.1 Å². The van der Waals surface area contributed by atoms with Crippen LogP contribution in [0.5, 0.6) is 0 Å². The van der Waals surface area contributed by atoms with Crippen LogP contribution < -0.4 is 5.32 Å². The van der Waals surface area contributed by atoms with E-state index < -0.39 is 0 Å². The van der Waals surface area contributed by atoms with Crippen molar-refractivity contribution >= 4 is 0 Å². The Labute approximate surface area is 117 Å². The molecule has 0 aromatic heterocycles. The normalized spacial score (nSPS) is 12.3. The Kier molecular flexibility index (Phi) is 7.88. The number of nitrogens with zero attached hydrogens (tertiary/aromatic N) is 2. The zero-order valence-electron chi connectivity index (χ0n) is 12.1. The third kappa shape index (κ3) is 5.87. The molecule has 3 nitrogen and oxygen atoms in total. The van der Waals surface area contributed by atoms with Crippen molar-refractivity contribution in [1.82, 2.24) is 10.2 Å². The van der Waals surface area contributed by atoms with E-state index in [1.54, 1.807) is 0 Å². The highest BCUT2D eigenvalue weighted by molar-refractivity contribution is 5.19. The number of likely N-dealkylation sites (N-methyl/N-ethyl adjacent to an activating group) is 1. The highest BCUT2D eigenvalue weighted by Gasteiger charge is 2.10. The molecule has 0 saturated heterocycles. The van der Waals surface area contributed by atoms with Gasteiger partial charge in [-0.05, 0) is 25.1 Å². The van der Waals surface area contributed by atoms with Gasteiger partial charge < -0.3 is 10.2 Å². The smallest absolute Gasteiger partial charge is 0.0641 e. The maximum atomic E-state index is 8.94. The molecule has 3 heteroatoms. The third-order valence-electron chi connectivity index (χ3n) is 3.30. The van der Waals surface area contributed by atoms with Gasteiger partial charge in [0.05, 0.1) is 12.5 Å². The van der Waals surface area contributed by atoms with E-state index in [1.165, 1.54) is 12.0 Å². The van der Waals surface area contributed by atoms with Crippen molar-refractivity contribution in [2.24, 2.45) is 0 Å². The summed E-state index contributed by atoms with van der Waals surface area (Å²) in [5.74, 6) is 0. The summed E-state index contributed by atoms with van der Waals surface area (Å²) in [4.78, 5) is 2.43. The maximum Gasteiger partial charge on any atom is 0.0641 e. The molecule has 104 valence electrons. The predicted molar refractivity (Wildman–Crippen MR) is 79.8 cm³/mol. The lowest BCUT2D eigenvalue weighted by Gasteiger charge is -2.22. The van der Waals surface area contributed by atoms with Gasteiger partial charge in [0.2, 0.25) is 0 Å². The van der Waals surface area contributed by atoms with Crippen molar-refractivity contribution in [2.75, 3.05) is 26.2 Å². The number of nitriles is 1. The molecule has 1 atom stereocenters. The number of rotatable bonds is 9. The van der Waals surface area contributed by atoms with Crippen LogP contribution in [0.25, 0.3) is 0 Å². The molecule has 0 radical (unpaired) electrons. The minimum absolute atomic E-state index is 0.145. The van der Waals surface area contributed by atoms with Crippen molar-refractivity contribution in [3.05, 3.63) is 35.9 Å². The first-order valence-corrected chi connectivity index (χ1v) is 7.19. The number of hydrogen-bond donors (Lipinski definition) is 1. The van der Waals surface area contributed by atoms with Crippen LogP contribution in [0.15, 0.2) is 30.3 Å². The van der Waals surface area contributed by atoms with Crippen molar-refractivity contribution in [3.63, 3.8) is 0 Å². The van der Waals surface area contributed by atoms with Crippen LogP contribution >= 0.6 is 0 Å². The first-order valence-electron chi connectivity index (χ1n) is 7.19. The van der Waals surface area contributed by atoms with E-state index in [4.69, 9.17) is 5.26 Å². The third-order valence-corrected chi connectivity index (χ3v) is 3.30. The van der Waals surface area contributed by atoms with E-state index in [2.05, 4.69) is 42.3 Å². The first-order chi connectivity index (χ1) is 9.31. The second-order valence-electron chi connectivity index (χ2n) is 4.71. The molecule has 1 aromatic rings. The summed E-state index contributed by atoms with van der Waals surface area (Å²) < 4.78 is 0. The summed E-state index contributed by atoms with van der Waals surface area (Å²) >= 11 is 0. The van der Waals surface area contributed by atoms with Gasteiger partial charge in [0.1, 0.15) is 0 Å². The summed E-state index contributed by atoms with van der Waals surface area (Å²) in [7, 11) is 0. The zero-order chi connectivity index (χ0) is 13.9. The summed E-state index contributed by atoms with van der Waals surface area (Å²) in [6.45, 7) is 8.60.